The molecule has 0 saturated heterocycles. The van der Waals surface area contributed by atoms with Crippen LogP contribution >= 0.6 is 0 Å². The summed E-state index contributed by atoms with van der Waals surface area (Å²) in [5, 5.41) is 1.58. The molecule has 1 nitrogen and oxygen atoms in total. The first-order valence-electron chi connectivity index (χ1n) is 13.7. The number of fused-ring (bicyclic) bond motifs is 1. The number of rotatable bonds is 8. The number of benzene rings is 1. The molecule has 2 aliphatic rings. The predicted molar refractivity (Wildman–Crippen MR) is 153 cm³/mol. The van der Waals surface area contributed by atoms with Crippen LogP contribution in [0.4, 0.5) is 0 Å². The minimum atomic E-state index is -1.96. The first-order valence-corrected chi connectivity index (χ1v) is 16.2. The summed E-state index contributed by atoms with van der Waals surface area (Å²) >= 11 is 0. The lowest BCUT2D eigenvalue weighted by atomic mass is 9.80. The molecule has 0 N–H and O–H groups in total. The fraction of sp³-hybridized carbons (Fsp3) is 0.625. The maximum Gasteiger partial charge on any atom is 0.122 e. The molecule has 0 bridgehead atoms. The topological polar surface area (TPSA) is 9.23 Å². The Balaban J connectivity index is 2.39. The van der Waals surface area contributed by atoms with E-state index < -0.39 is 8.07 Å². The summed E-state index contributed by atoms with van der Waals surface area (Å²) in [6.45, 7) is 26.0. The van der Waals surface area contributed by atoms with Gasteiger partial charge in [-0.05, 0) is 57.4 Å². The van der Waals surface area contributed by atoms with Gasteiger partial charge in [-0.1, -0.05) is 129 Å². The molecule has 0 spiro atoms. The van der Waals surface area contributed by atoms with Gasteiger partial charge >= 0.3 is 0 Å². The maximum absolute atomic E-state index is 6.67. The number of hydrogen-bond acceptors (Lipinski definition) is 1. The van der Waals surface area contributed by atoms with Crippen molar-refractivity contribution in [2.24, 2.45) is 11.8 Å². The lowest BCUT2D eigenvalue weighted by Gasteiger charge is -2.43. The second-order valence-corrected chi connectivity index (χ2v) is 17.7. The molecule has 0 aromatic heterocycles. The molecule has 3 unspecified atom stereocenters. The molecule has 2 heteroatoms. The molecule has 0 radical (unpaired) electrons. The second kappa shape index (κ2) is 10.2. The molecule has 1 fully saturated rings. The van der Waals surface area contributed by atoms with E-state index in [4.69, 9.17) is 4.74 Å². The summed E-state index contributed by atoms with van der Waals surface area (Å²) in [5.74, 6) is 2.71. The number of allylic oxidation sites excluding steroid dienone is 4. The molecule has 1 saturated carbocycles. The molecule has 188 valence electrons. The molecule has 0 aliphatic heterocycles. The average molecular weight is 479 g/mol. The zero-order valence-electron chi connectivity index (χ0n) is 23.6. The summed E-state index contributed by atoms with van der Waals surface area (Å²) in [6, 6.07) is 7.57. The first kappa shape index (κ1) is 27.1. The quantitative estimate of drug-likeness (QED) is 0.268. The summed E-state index contributed by atoms with van der Waals surface area (Å²) in [6.07, 6.45) is 13.0. The SMILES string of the molecule is C=CCOc1c(C(C)(C)C)cc(C(C)(C)C)cc1[Si](CC)(CC)C1C2=CC=CCC2CC1CC. The van der Waals surface area contributed by atoms with Crippen molar-refractivity contribution >= 4 is 13.3 Å². The van der Waals surface area contributed by atoms with Crippen LogP contribution < -0.4 is 9.92 Å². The molecular formula is C32H50OSi. The molecule has 0 heterocycles. The highest BCUT2D eigenvalue weighted by atomic mass is 28.3. The standard InChI is InChI=1S/C32H50OSi/c1-11-19-33-29-27(32(8,9)10)21-25(31(5,6)7)22-28(29)34(13-3,14-4)30-23(12-2)20-24-17-15-16-18-26(24)30/h11,15-16,18,21-24,30H,1,12-14,17,19-20H2,2-10H3. The van der Waals surface area contributed by atoms with Crippen LogP contribution in [0.1, 0.15) is 92.7 Å². The van der Waals surface area contributed by atoms with Crippen LogP contribution in [0.5, 0.6) is 5.75 Å². The van der Waals surface area contributed by atoms with Crippen LogP contribution in [-0.2, 0) is 10.8 Å². The summed E-state index contributed by atoms with van der Waals surface area (Å²) in [5.41, 5.74) is 5.41. The Bertz CT molecular complexity index is 933. The molecule has 1 aromatic rings. The van der Waals surface area contributed by atoms with Crippen molar-refractivity contribution in [1.29, 1.82) is 0 Å². The highest BCUT2D eigenvalue weighted by molar-refractivity contribution is 6.94. The van der Waals surface area contributed by atoms with Crippen molar-refractivity contribution in [3.63, 3.8) is 0 Å². The Morgan fingerprint density at radius 1 is 1.03 bits per heavy atom. The van der Waals surface area contributed by atoms with Crippen molar-refractivity contribution < 1.29 is 4.74 Å². The van der Waals surface area contributed by atoms with Gasteiger partial charge in [0.1, 0.15) is 12.4 Å². The van der Waals surface area contributed by atoms with E-state index in [9.17, 15) is 0 Å². The number of ether oxygens (including phenoxy) is 1. The highest BCUT2D eigenvalue weighted by Crippen LogP contribution is 2.56. The van der Waals surface area contributed by atoms with E-state index in [-0.39, 0.29) is 10.8 Å². The van der Waals surface area contributed by atoms with Gasteiger partial charge in [0.15, 0.2) is 0 Å². The molecule has 34 heavy (non-hydrogen) atoms. The third kappa shape index (κ3) is 4.90. The third-order valence-corrected chi connectivity index (χ3v) is 14.7. The van der Waals surface area contributed by atoms with Crippen molar-refractivity contribution in [3.05, 3.63) is 59.7 Å². The van der Waals surface area contributed by atoms with Crippen LogP contribution in [-0.4, -0.2) is 14.7 Å². The molecule has 1 aromatic carbocycles. The van der Waals surface area contributed by atoms with Gasteiger partial charge in [0, 0.05) is 0 Å². The van der Waals surface area contributed by atoms with E-state index in [0.717, 1.165) is 11.8 Å². The van der Waals surface area contributed by atoms with Crippen LogP contribution in [0.25, 0.3) is 0 Å². The van der Waals surface area contributed by atoms with Crippen LogP contribution in [0.3, 0.4) is 0 Å². The number of hydrogen-bond donors (Lipinski definition) is 0. The van der Waals surface area contributed by atoms with Crippen LogP contribution in [0.15, 0.2) is 48.6 Å². The van der Waals surface area contributed by atoms with Gasteiger partial charge in [-0.15, -0.1) is 0 Å². The molecule has 3 rings (SSSR count). The molecule has 0 amide bonds. The van der Waals surface area contributed by atoms with Gasteiger partial charge in [-0.25, -0.2) is 0 Å². The summed E-state index contributed by atoms with van der Waals surface area (Å²) < 4.78 is 6.67. The molecule has 2 aliphatic carbocycles. The Hall–Kier alpha value is -1.54. The van der Waals surface area contributed by atoms with E-state index in [1.165, 1.54) is 48.2 Å². The van der Waals surface area contributed by atoms with Crippen molar-refractivity contribution in [1.82, 2.24) is 0 Å². The van der Waals surface area contributed by atoms with Crippen LogP contribution in [0.2, 0.25) is 17.6 Å². The monoisotopic (exact) mass is 478 g/mol. The van der Waals surface area contributed by atoms with E-state index in [0.29, 0.717) is 12.1 Å². The van der Waals surface area contributed by atoms with Gasteiger partial charge in [0.25, 0.3) is 0 Å². The van der Waals surface area contributed by atoms with Crippen LogP contribution in [0, 0.1) is 11.8 Å². The van der Waals surface area contributed by atoms with Crippen molar-refractivity contribution in [3.8, 4) is 5.75 Å². The highest BCUT2D eigenvalue weighted by Gasteiger charge is 2.52. The zero-order chi connectivity index (χ0) is 25.3. The lowest BCUT2D eigenvalue weighted by Crippen LogP contribution is -2.53. The minimum Gasteiger partial charge on any atom is -0.489 e. The van der Waals surface area contributed by atoms with Gasteiger partial charge in [-0.3, -0.25) is 0 Å². The largest absolute Gasteiger partial charge is 0.489 e. The van der Waals surface area contributed by atoms with Crippen molar-refractivity contribution in [2.75, 3.05) is 6.61 Å². The molecule has 3 atom stereocenters. The van der Waals surface area contributed by atoms with E-state index in [1.807, 2.05) is 6.08 Å². The third-order valence-electron chi connectivity index (χ3n) is 8.76. The van der Waals surface area contributed by atoms with E-state index in [2.05, 4.69) is 99.3 Å². The maximum atomic E-state index is 6.67. The Morgan fingerprint density at radius 2 is 1.71 bits per heavy atom. The minimum absolute atomic E-state index is 0.0172. The van der Waals surface area contributed by atoms with E-state index >= 15 is 0 Å². The summed E-state index contributed by atoms with van der Waals surface area (Å²) in [4.78, 5) is 0. The average Bonchev–Trinajstić information content (AvgIpc) is 3.17. The van der Waals surface area contributed by atoms with Gasteiger partial charge < -0.3 is 4.74 Å². The van der Waals surface area contributed by atoms with Crippen molar-refractivity contribution in [2.45, 2.75) is 110 Å². The van der Waals surface area contributed by atoms with Gasteiger partial charge in [0.2, 0.25) is 0 Å². The molecular weight excluding hydrogens is 428 g/mol. The fourth-order valence-electron chi connectivity index (χ4n) is 6.76. The van der Waals surface area contributed by atoms with E-state index in [1.54, 1.807) is 10.8 Å². The Morgan fingerprint density at radius 3 is 2.24 bits per heavy atom. The van der Waals surface area contributed by atoms with Gasteiger partial charge in [0.05, 0.1) is 8.07 Å². The Labute approximate surface area is 211 Å². The van der Waals surface area contributed by atoms with Gasteiger partial charge in [-0.2, -0.15) is 0 Å². The smallest absolute Gasteiger partial charge is 0.122 e. The predicted octanol–water partition coefficient (Wildman–Crippen LogP) is 8.84. The second-order valence-electron chi connectivity index (χ2n) is 12.8. The lowest BCUT2D eigenvalue weighted by molar-refractivity contribution is 0.353. The Kier molecular flexibility index (Phi) is 8.12. The zero-order valence-corrected chi connectivity index (χ0v) is 24.6. The summed E-state index contributed by atoms with van der Waals surface area (Å²) in [7, 11) is -1.96. The fourth-order valence-corrected chi connectivity index (χ4v) is 12.6. The first-order chi connectivity index (χ1) is 15.9. The normalized spacial score (nSPS) is 23.0.